The van der Waals surface area contributed by atoms with Gasteiger partial charge in [-0.15, -0.1) is 0 Å². The number of nitrogens with one attached hydrogen (secondary N) is 1. The Kier molecular flexibility index (Phi) is 4.47. The maximum atomic E-state index is 12.6. The van der Waals surface area contributed by atoms with Crippen molar-refractivity contribution >= 4 is 5.91 Å². The molecule has 1 aromatic heterocycles. The number of hydrogen-bond acceptors (Lipinski definition) is 2. The van der Waals surface area contributed by atoms with Crippen molar-refractivity contribution in [3.05, 3.63) is 83.2 Å². The summed E-state index contributed by atoms with van der Waals surface area (Å²) in [6.45, 7) is 5.96. The van der Waals surface area contributed by atoms with Crippen molar-refractivity contribution in [2.75, 3.05) is 0 Å². The number of carbonyl (C=O) groups is 1. The maximum Gasteiger partial charge on any atom is 0.255 e. The van der Waals surface area contributed by atoms with Crippen molar-refractivity contribution in [1.29, 1.82) is 0 Å². The van der Waals surface area contributed by atoms with Gasteiger partial charge in [-0.2, -0.15) is 5.10 Å². The lowest BCUT2D eigenvalue weighted by atomic mass is 10.0. The smallest absolute Gasteiger partial charge is 0.255 e. The molecule has 3 rings (SSSR count). The average Bonchev–Trinajstić information content (AvgIpc) is 2.97. The van der Waals surface area contributed by atoms with Gasteiger partial charge in [0.05, 0.1) is 29.2 Å². The third-order valence-electron chi connectivity index (χ3n) is 4.26. The Labute approximate surface area is 142 Å². The Morgan fingerprint density at radius 3 is 2.42 bits per heavy atom. The highest BCUT2D eigenvalue weighted by Crippen LogP contribution is 2.19. The van der Waals surface area contributed by atoms with Crippen LogP contribution in [0.25, 0.3) is 5.69 Å². The summed E-state index contributed by atoms with van der Waals surface area (Å²) in [7, 11) is 0. The van der Waals surface area contributed by atoms with Gasteiger partial charge in [-0.05, 0) is 44.0 Å². The van der Waals surface area contributed by atoms with E-state index in [2.05, 4.69) is 23.4 Å². The molecule has 0 saturated heterocycles. The van der Waals surface area contributed by atoms with E-state index in [4.69, 9.17) is 0 Å². The Bertz CT molecular complexity index is 852. The molecule has 3 aromatic rings. The van der Waals surface area contributed by atoms with Gasteiger partial charge in [-0.25, -0.2) is 4.68 Å². The van der Waals surface area contributed by atoms with E-state index in [0.29, 0.717) is 5.56 Å². The second kappa shape index (κ2) is 6.71. The number of benzene rings is 2. The maximum absolute atomic E-state index is 12.6. The molecule has 1 atom stereocenters. The summed E-state index contributed by atoms with van der Waals surface area (Å²) in [6.07, 6.45) is 1.63. The molecule has 4 nitrogen and oxygen atoms in total. The molecule has 0 bridgehead atoms. The van der Waals surface area contributed by atoms with Gasteiger partial charge in [0.15, 0.2) is 0 Å². The van der Waals surface area contributed by atoms with Crippen molar-refractivity contribution in [2.45, 2.75) is 26.8 Å². The Morgan fingerprint density at radius 2 is 1.71 bits per heavy atom. The fourth-order valence-corrected chi connectivity index (χ4v) is 2.89. The first-order valence-corrected chi connectivity index (χ1v) is 8.04. The Balaban J connectivity index is 1.81. The van der Waals surface area contributed by atoms with E-state index < -0.39 is 0 Å². The lowest BCUT2D eigenvalue weighted by Gasteiger charge is -2.16. The number of rotatable bonds is 4. The van der Waals surface area contributed by atoms with Crippen LogP contribution in [0.2, 0.25) is 0 Å². The topological polar surface area (TPSA) is 46.9 Å². The molecule has 0 aliphatic carbocycles. The number of hydrogen-bond donors (Lipinski definition) is 1. The molecule has 0 aliphatic heterocycles. The number of amides is 1. The van der Waals surface area contributed by atoms with Gasteiger partial charge in [-0.3, -0.25) is 4.79 Å². The molecule has 1 heterocycles. The molecular weight excluding hydrogens is 298 g/mol. The molecule has 1 unspecified atom stereocenters. The van der Waals surface area contributed by atoms with Crippen LogP contribution >= 0.6 is 0 Å². The number of para-hydroxylation sites is 1. The standard InChI is InChI=1S/C20H21N3O/c1-14-9-7-8-12-18(14)15(2)22-20(24)19-13-21-23(16(19)3)17-10-5-4-6-11-17/h4-13,15H,1-3H3,(H,22,24). The predicted octanol–water partition coefficient (Wildman–Crippen LogP) is 3.98. The van der Waals surface area contributed by atoms with Crippen LogP contribution in [0.3, 0.4) is 0 Å². The molecule has 0 fully saturated rings. The summed E-state index contributed by atoms with van der Waals surface area (Å²) in [5.41, 5.74) is 4.66. The highest BCUT2D eigenvalue weighted by atomic mass is 16.1. The fourth-order valence-electron chi connectivity index (χ4n) is 2.89. The molecular formula is C20H21N3O. The SMILES string of the molecule is Cc1ccccc1C(C)NC(=O)c1cnn(-c2ccccc2)c1C. The van der Waals surface area contributed by atoms with Crippen molar-refractivity contribution in [1.82, 2.24) is 15.1 Å². The minimum absolute atomic E-state index is 0.0572. The lowest BCUT2D eigenvalue weighted by Crippen LogP contribution is -2.27. The largest absolute Gasteiger partial charge is 0.345 e. The predicted molar refractivity (Wildman–Crippen MR) is 95.4 cm³/mol. The van der Waals surface area contributed by atoms with E-state index in [1.54, 1.807) is 10.9 Å². The second-order valence-corrected chi connectivity index (χ2v) is 5.94. The van der Waals surface area contributed by atoms with Crippen LogP contribution in [0.4, 0.5) is 0 Å². The molecule has 0 aliphatic rings. The molecule has 0 saturated carbocycles. The quantitative estimate of drug-likeness (QED) is 0.790. The summed E-state index contributed by atoms with van der Waals surface area (Å²) in [5, 5.41) is 7.43. The van der Waals surface area contributed by atoms with E-state index in [1.807, 2.05) is 62.4 Å². The molecule has 122 valence electrons. The van der Waals surface area contributed by atoms with E-state index in [9.17, 15) is 4.79 Å². The second-order valence-electron chi connectivity index (χ2n) is 5.94. The molecule has 2 aromatic carbocycles. The number of aromatic nitrogens is 2. The minimum Gasteiger partial charge on any atom is -0.345 e. The van der Waals surface area contributed by atoms with Gasteiger partial charge in [0.2, 0.25) is 0 Å². The van der Waals surface area contributed by atoms with Gasteiger partial charge in [0.25, 0.3) is 5.91 Å². The third kappa shape index (κ3) is 3.08. The van der Waals surface area contributed by atoms with Crippen LogP contribution in [0, 0.1) is 13.8 Å². The number of nitrogens with zero attached hydrogens (tertiary/aromatic N) is 2. The van der Waals surface area contributed by atoms with Gasteiger partial charge in [0, 0.05) is 0 Å². The summed E-state index contributed by atoms with van der Waals surface area (Å²) in [4.78, 5) is 12.6. The van der Waals surface area contributed by atoms with E-state index >= 15 is 0 Å². The van der Waals surface area contributed by atoms with E-state index in [0.717, 1.165) is 16.9 Å². The minimum atomic E-state index is -0.106. The average molecular weight is 319 g/mol. The highest BCUT2D eigenvalue weighted by molar-refractivity contribution is 5.95. The van der Waals surface area contributed by atoms with E-state index in [-0.39, 0.29) is 11.9 Å². The molecule has 0 radical (unpaired) electrons. The molecule has 0 spiro atoms. The third-order valence-corrected chi connectivity index (χ3v) is 4.26. The van der Waals surface area contributed by atoms with Crippen LogP contribution in [0.1, 0.15) is 40.1 Å². The first-order chi connectivity index (χ1) is 11.6. The van der Waals surface area contributed by atoms with E-state index in [1.165, 1.54) is 5.56 Å². The van der Waals surface area contributed by atoms with Gasteiger partial charge in [0.1, 0.15) is 0 Å². The monoisotopic (exact) mass is 319 g/mol. The van der Waals surface area contributed by atoms with Gasteiger partial charge in [-0.1, -0.05) is 42.5 Å². The highest BCUT2D eigenvalue weighted by Gasteiger charge is 2.18. The lowest BCUT2D eigenvalue weighted by molar-refractivity contribution is 0.0939. The first kappa shape index (κ1) is 16.0. The molecule has 4 heteroatoms. The summed E-state index contributed by atoms with van der Waals surface area (Å²) < 4.78 is 1.79. The molecule has 1 amide bonds. The zero-order valence-corrected chi connectivity index (χ0v) is 14.2. The van der Waals surface area contributed by atoms with Gasteiger partial charge < -0.3 is 5.32 Å². The molecule has 1 N–H and O–H groups in total. The zero-order valence-electron chi connectivity index (χ0n) is 14.2. The summed E-state index contributed by atoms with van der Waals surface area (Å²) in [6, 6.07) is 17.8. The van der Waals surface area contributed by atoms with Crippen LogP contribution in [-0.4, -0.2) is 15.7 Å². The Morgan fingerprint density at radius 1 is 1.04 bits per heavy atom. The van der Waals surface area contributed by atoms with Crippen LogP contribution < -0.4 is 5.32 Å². The van der Waals surface area contributed by atoms with Crippen LogP contribution in [0.5, 0.6) is 0 Å². The fraction of sp³-hybridized carbons (Fsp3) is 0.200. The van der Waals surface area contributed by atoms with Crippen molar-refractivity contribution in [3.8, 4) is 5.69 Å². The van der Waals surface area contributed by atoms with Gasteiger partial charge >= 0.3 is 0 Å². The van der Waals surface area contributed by atoms with Crippen molar-refractivity contribution < 1.29 is 4.79 Å². The summed E-state index contributed by atoms with van der Waals surface area (Å²) in [5.74, 6) is -0.106. The van der Waals surface area contributed by atoms with Crippen LogP contribution in [0.15, 0.2) is 60.8 Å². The summed E-state index contributed by atoms with van der Waals surface area (Å²) >= 11 is 0. The number of aryl methyl sites for hydroxylation is 1. The number of carbonyl (C=O) groups excluding carboxylic acids is 1. The first-order valence-electron chi connectivity index (χ1n) is 8.04. The molecule has 24 heavy (non-hydrogen) atoms. The normalized spacial score (nSPS) is 12.0. The van der Waals surface area contributed by atoms with Crippen molar-refractivity contribution in [2.24, 2.45) is 0 Å². The van der Waals surface area contributed by atoms with Crippen molar-refractivity contribution in [3.63, 3.8) is 0 Å². The van der Waals surface area contributed by atoms with Crippen LogP contribution in [-0.2, 0) is 0 Å². The zero-order chi connectivity index (χ0) is 17.1. The Hall–Kier alpha value is -2.88.